The summed E-state index contributed by atoms with van der Waals surface area (Å²) in [4.78, 5) is 11.2. The molecule has 5 rings (SSSR count). The molecule has 174 valence electrons. The lowest BCUT2D eigenvalue weighted by atomic mass is 10.1. The molecule has 0 bridgehead atoms. The third-order valence-electron chi connectivity index (χ3n) is 5.79. The minimum atomic E-state index is -3.96. The van der Waals surface area contributed by atoms with Gasteiger partial charge in [-0.25, -0.2) is 12.4 Å². The van der Waals surface area contributed by atoms with Gasteiger partial charge < -0.3 is 19.3 Å². The largest absolute Gasteiger partial charge is 0.497 e. The van der Waals surface area contributed by atoms with Crippen LogP contribution in [0.25, 0.3) is 22.0 Å². The summed E-state index contributed by atoms with van der Waals surface area (Å²) >= 11 is 0. The third kappa shape index (κ3) is 3.84. The van der Waals surface area contributed by atoms with E-state index in [1.165, 1.54) is 10.2 Å². The molecule has 34 heavy (non-hydrogen) atoms. The van der Waals surface area contributed by atoms with Crippen LogP contribution in [0.2, 0.25) is 0 Å². The van der Waals surface area contributed by atoms with Gasteiger partial charge in [-0.15, -0.1) is 0 Å². The van der Waals surface area contributed by atoms with Gasteiger partial charge in [0.25, 0.3) is 10.0 Å². The van der Waals surface area contributed by atoms with Crippen LogP contribution in [0.1, 0.15) is 12.0 Å². The summed E-state index contributed by atoms with van der Waals surface area (Å²) in [5.41, 5.74) is 2.81. The number of rotatable bonds is 7. The number of carbonyl (C=O) groups is 1. The van der Waals surface area contributed by atoms with E-state index >= 15 is 0 Å². The molecule has 0 fully saturated rings. The average Bonchev–Trinajstić information content (AvgIpc) is 3.45. The van der Waals surface area contributed by atoms with Gasteiger partial charge in [0.1, 0.15) is 5.75 Å². The van der Waals surface area contributed by atoms with E-state index in [4.69, 9.17) is 19.3 Å². The Balaban J connectivity index is 1.56. The lowest BCUT2D eigenvalue weighted by molar-refractivity contribution is -0.136. The Morgan fingerprint density at radius 1 is 1.00 bits per heavy atom. The van der Waals surface area contributed by atoms with Crippen LogP contribution in [-0.2, 0) is 21.2 Å². The Kier molecular flexibility index (Phi) is 5.41. The van der Waals surface area contributed by atoms with Crippen LogP contribution in [0.3, 0.4) is 0 Å². The number of hydrogen-bond donors (Lipinski definition) is 1. The van der Waals surface area contributed by atoms with E-state index < -0.39 is 16.0 Å². The van der Waals surface area contributed by atoms with E-state index in [1.807, 2.05) is 24.3 Å². The zero-order valence-corrected chi connectivity index (χ0v) is 19.0. The number of nitrogens with zero attached hydrogens (tertiary/aromatic N) is 1. The SMILES string of the molecule is COc1ccc(-c2ccc(S(=O)(=O)n3cc(CCC(=O)O)c4cc5c(cc43)OCO5)cc2)cc1. The number of ether oxygens (including phenoxy) is 3. The van der Waals surface area contributed by atoms with Gasteiger partial charge in [0.2, 0.25) is 6.79 Å². The number of aromatic nitrogens is 1. The molecule has 3 aromatic carbocycles. The molecule has 2 heterocycles. The van der Waals surface area contributed by atoms with Gasteiger partial charge in [-0.1, -0.05) is 24.3 Å². The second kappa shape index (κ2) is 8.42. The van der Waals surface area contributed by atoms with E-state index in [-0.39, 0.29) is 24.5 Å². The normalized spacial score (nSPS) is 12.7. The Morgan fingerprint density at radius 2 is 1.62 bits per heavy atom. The summed E-state index contributed by atoms with van der Waals surface area (Å²) in [5, 5.41) is 9.73. The summed E-state index contributed by atoms with van der Waals surface area (Å²) in [6.45, 7) is 0.0476. The van der Waals surface area contributed by atoms with Crippen molar-refractivity contribution in [3.8, 4) is 28.4 Å². The molecule has 8 nitrogen and oxygen atoms in total. The van der Waals surface area contributed by atoms with Gasteiger partial charge in [-0.3, -0.25) is 4.79 Å². The predicted octanol–water partition coefficient (Wildman–Crippen LogP) is 4.30. The molecule has 0 aliphatic carbocycles. The van der Waals surface area contributed by atoms with Gasteiger partial charge in [0.05, 0.1) is 17.5 Å². The molecule has 0 saturated carbocycles. The first-order chi connectivity index (χ1) is 16.4. The average molecular weight is 480 g/mol. The summed E-state index contributed by atoms with van der Waals surface area (Å²) < 4.78 is 44.4. The Labute approximate surface area is 196 Å². The summed E-state index contributed by atoms with van der Waals surface area (Å²) in [6, 6.07) is 17.4. The zero-order chi connectivity index (χ0) is 23.9. The minimum Gasteiger partial charge on any atom is -0.497 e. The van der Waals surface area contributed by atoms with E-state index in [1.54, 1.807) is 43.5 Å². The van der Waals surface area contributed by atoms with Gasteiger partial charge >= 0.3 is 5.97 Å². The van der Waals surface area contributed by atoms with Crippen LogP contribution >= 0.6 is 0 Å². The van der Waals surface area contributed by atoms with Gasteiger partial charge in [0, 0.05) is 24.1 Å². The van der Waals surface area contributed by atoms with E-state index in [0.717, 1.165) is 16.9 Å². The molecule has 0 spiro atoms. The Morgan fingerprint density at radius 3 is 2.24 bits per heavy atom. The summed E-state index contributed by atoms with van der Waals surface area (Å²) in [6.07, 6.45) is 1.55. The fourth-order valence-electron chi connectivity index (χ4n) is 4.01. The van der Waals surface area contributed by atoms with E-state index in [0.29, 0.717) is 28.0 Å². The molecular weight excluding hydrogens is 458 g/mol. The fraction of sp³-hybridized carbons (Fsp3) is 0.160. The van der Waals surface area contributed by atoms with Crippen molar-refractivity contribution in [2.24, 2.45) is 0 Å². The number of carboxylic acids is 1. The van der Waals surface area contributed by atoms with Crippen molar-refractivity contribution in [1.29, 1.82) is 0 Å². The molecular formula is C25H21NO7S. The fourth-order valence-corrected chi connectivity index (χ4v) is 5.39. The maximum absolute atomic E-state index is 13.6. The summed E-state index contributed by atoms with van der Waals surface area (Å²) in [7, 11) is -2.36. The third-order valence-corrected chi connectivity index (χ3v) is 7.48. The Hall–Kier alpha value is -3.98. The quantitative estimate of drug-likeness (QED) is 0.421. The van der Waals surface area contributed by atoms with Crippen LogP contribution < -0.4 is 14.2 Å². The van der Waals surface area contributed by atoms with Gasteiger partial charge in [-0.05, 0) is 53.4 Å². The minimum absolute atomic E-state index is 0.0476. The van der Waals surface area contributed by atoms with Crippen molar-refractivity contribution >= 4 is 26.9 Å². The molecule has 0 radical (unpaired) electrons. The van der Waals surface area contributed by atoms with Crippen molar-refractivity contribution in [3.63, 3.8) is 0 Å². The first kappa shape index (κ1) is 21.8. The lowest BCUT2D eigenvalue weighted by Crippen LogP contribution is -2.12. The second-order valence-electron chi connectivity index (χ2n) is 7.82. The number of hydrogen-bond acceptors (Lipinski definition) is 6. The molecule has 0 saturated heterocycles. The van der Waals surface area contributed by atoms with Crippen LogP contribution in [0.5, 0.6) is 17.2 Å². The first-order valence-electron chi connectivity index (χ1n) is 10.5. The standard InChI is InChI=1S/C25H21NO7S/c1-31-19-7-2-16(3-8-19)17-4-9-20(10-5-17)34(29,30)26-14-18(6-11-25(27)28)21-12-23-24(13-22(21)26)33-15-32-23/h2-5,7-10,12-14H,6,11,15H2,1H3,(H,27,28). The highest BCUT2D eigenvalue weighted by Gasteiger charge is 2.25. The number of fused-ring (bicyclic) bond motifs is 2. The topological polar surface area (TPSA) is 104 Å². The molecule has 1 aliphatic heterocycles. The molecule has 4 aromatic rings. The summed E-state index contributed by atoms with van der Waals surface area (Å²) in [5.74, 6) is 0.727. The molecule has 1 aliphatic rings. The van der Waals surface area contributed by atoms with Crippen molar-refractivity contribution in [2.75, 3.05) is 13.9 Å². The highest BCUT2D eigenvalue weighted by Crippen LogP contribution is 2.39. The maximum Gasteiger partial charge on any atom is 0.303 e. The van der Waals surface area contributed by atoms with E-state index in [2.05, 4.69) is 0 Å². The van der Waals surface area contributed by atoms with Gasteiger partial charge in [0.15, 0.2) is 11.5 Å². The highest BCUT2D eigenvalue weighted by molar-refractivity contribution is 7.90. The second-order valence-corrected chi connectivity index (χ2v) is 9.64. The molecule has 0 unspecified atom stereocenters. The van der Waals surface area contributed by atoms with Crippen LogP contribution in [0.4, 0.5) is 0 Å². The van der Waals surface area contributed by atoms with Crippen molar-refractivity contribution < 1.29 is 32.5 Å². The Bertz CT molecular complexity index is 1490. The van der Waals surface area contributed by atoms with E-state index in [9.17, 15) is 13.2 Å². The predicted molar refractivity (Wildman–Crippen MR) is 125 cm³/mol. The molecule has 0 amide bonds. The van der Waals surface area contributed by atoms with Crippen molar-refractivity contribution in [2.45, 2.75) is 17.7 Å². The smallest absolute Gasteiger partial charge is 0.303 e. The van der Waals surface area contributed by atoms with Crippen LogP contribution in [0, 0.1) is 0 Å². The first-order valence-corrected chi connectivity index (χ1v) is 12.0. The molecule has 0 atom stereocenters. The lowest BCUT2D eigenvalue weighted by Gasteiger charge is -2.09. The molecule has 1 aromatic heterocycles. The van der Waals surface area contributed by atoms with Crippen molar-refractivity contribution in [1.82, 2.24) is 3.97 Å². The number of carboxylic acid groups (broad SMARTS) is 1. The number of methoxy groups -OCH3 is 1. The number of aryl methyl sites for hydroxylation is 1. The zero-order valence-electron chi connectivity index (χ0n) is 18.2. The molecule has 9 heteroatoms. The monoisotopic (exact) mass is 479 g/mol. The van der Waals surface area contributed by atoms with Gasteiger partial charge in [-0.2, -0.15) is 0 Å². The van der Waals surface area contributed by atoms with Crippen molar-refractivity contribution in [3.05, 3.63) is 72.4 Å². The maximum atomic E-state index is 13.6. The highest BCUT2D eigenvalue weighted by atomic mass is 32.2. The number of benzene rings is 3. The molecule has 1 N–H and O–H groups in total. The van der Waals surface area contributed by atoms with Crippen LogP contribution in [0.15, 0.2) is 71.8 Å². The number of aliphatic carboxylic acids is 1. The van der Waals surface area contributed by atoms with Crippen LogP contribution in [-0.4, -0.2) is 37.4 Å².